The zero-order valence-corrected chi connectivity index (χ0v) is 5.72. The number of hydrogen-bond donors (Lipinski definition) is 1. The van der Waals surface area contributed by atoms with Gasteiger partial charge in [-0.1, -0.05) is 19.8 Å². The summed E-state index contributed by atoms with van der Waals surface area (Å²) in [6.07, 6.45) is 3.50. The molecule has 0 aliphatic rings. The van der Waals surface area contributed by atoms with Crippen LogP contribution in [0, 0.1) is 0 Å². The van der Waals surface area contributed by atoms with Crippen LogP contribution in [0.3, 0.4) is 0 Å². The van der Waals surface area contributed by atoms with Crippen molar-refractivity contribution in [3.63, 3.8) is 0 Å². The van der Waals surface area contributed by atoms with E-state index in [1.165, 1.54) is 0 Å². The van der Waals surface area contributed by atoms with Gasteiger partial charge in [0.1, 0.15) is 0 Å². The van der Waals surface area contributed by atoms with Gasteiger partial charge in [-0.15, -0.1) is 0 Å². The highest BCUT2D eigenvalue weighted by Gasteiger charge is 1.97. The maximum Gasteiger partial charge on any atom is 1.00 e. The molecule has 0 saturated carbocycles. The molecule has 2 N–H and O–H groups in total. The molecule has 3 nitrogen and oxygen atoms in total. The summed E-state index contributed by atoms with van der Waals surface area (Å²) in [5, 5.41) is 0. The Labute approximate surface area is 56.6 Å². The number of hydrogen-bond acceptors (Lipinski definition) is 3. The summed E-state index contributed by atoms with van der Waals surface area (Å²) >= 11 is 0. The SMILES string of the molecule is CCCCCC(=O)ON.[H+]. The minimum absolute atomic E-state index is 0. The summed E-state index contributed by atoms with van der Waals surface area (Å²) in [5.74, 6) is 4.29. The third-order valence-corrected chi connectivity index (χ3v) is 1.12. The van der Waals surface area contributed by atoms with E-state index in [9.17, 15) is 4.79 Å². The van der Waals surface area contributed by atoms with Crippen LogP contribution in [0.15, 0.2) is 0 Å². The van der Waals surface area contributed by atoms with Crippen molar-refractivity contribution in [3.05, 3.63) is 0 Å². The van der Waals surface area contributed by atoms with Gasteiger partial charge in [-0.2, -0.15) is 5.90 Å². The molecule has 0 spiro atoms. The van der Waals surface area contributed by atoms with Crippen LogP contribution in [0.1, 0.15) is 34.0 Å². The van der Waals surface area contributed by atoms with E-state index in [1.807, 2.05) is 0 Å². The first-order valence-electron chi connectivity index (χ1n) is 3.20. The Morgan fingerprint density at radius 1 is 1.67 bits per heavy atom. The third-order valence-electron chi connectivity index (χ3n) is 1.12. The van der Waals surface area contributed by atoms with Crippen LogP contribution < -0.4 is 5.90 Å². The van der Waals surface area contributed by atoms with Crippen molar-refractivity contribution in [2.75, 3.05) is 0 Å². The third kappa shape index (κ3) is 5.30. The monoisotopic (exact) mass is 132 g/mol. The largest absolute Gasteiger partial charge is 1.00 e. The lowest BCUT2D eigenvalue weighted by Gasteiger charge is -1.94. The smallest absolute Gasteiger partial charge is 0.373 e. The standard InChI is InChI=1S/C6H13NO2/c1-2-3-4-5-6(8)9-7/h2-5,7H2,1H3/p+1. The molecule has 0 rings (SSSR count). The van der Waals surface area contributed by atoms with Gasteiger partial charge in [0.15, 0.2) is 0 Å². The fraction of sp³-hybridized carbons (Fsp3) is 0.833. The molecule has 0 aromatic rings. The van der Waals surface area contributed by atoms with E-state index in [-0.39, 0.29) is 7.40 Å². The van der Waals surface area contributed by atoms with Gasteiger partial charge in [-0.3, -0.25) is 4.79 Å². The number of carbonyl (C=O) groups is 1. The van der Waals surface area contributed by atoms with Gasteiger partial charge in [0.25, 0.3) is 0 Å². The first-order chi connectivity index (χ1) is 4.31. The molecule has 9 heavy (non-hydrogen) atoms. The molecular weight excluding hydrogens is 118 g/mol. The quantitative estimate of drug-likeness (QED) is 0.460. The van der Waals surface area contributed by atoms with E-state index in [0.29, 0.717) is 6.42 Å². The summed E-state index contributed by atoms with van der Waals surface area (Å²) < 4.78 is 0. The molecule has 0 unspecified atom stereocenters. The fourth-order valence-electron chi connectivity index (χ4n) is 0.578. The Kier molecular flexibility index (Phi) is 5.21. The van der Waals surface area contributed by atoms with E-state index in [4.69, 9.17) is 0 Å². The van der Waals surface area contributed by atoms with Gasteiger partial charge < -0.3 is 4.84 Å². The van der Waals surface area contributed by atoms with Crippen LogP contribution in [0.25, 0.3) is 0 Å². The van der Waals surface area contributed by atoms with Crippen molar-refractivity contribution >= 4 is 5.97 Å². The molecular formula is C6H14NO2+. The number of carbonyl (C=O) groups excluding carboxylic acids is 1. The zero-order chi connectivity index (χ0) is 7.11. The Hall–Kier alpha value is -0.570. The first-order valence-corrected chi connectivity index (χ1v) is 3.20. The summed E-state index contributed by atoms with van der Waals surface area (Å²) in [6, 6.07) is 0. The van der Waals surface area contributed by atoms with Gasteiger partial charge in [-0.05, 0) is 6.42 Å². The normalized spacial score (nSPS) is 9.11. The van der Waals surface area contributed by atoms with Crippen LogP contribution in [-0.4, -0.2) is 5.97 Å². The van der Waals surface area contributed by atoms with E-state index in [2.05, 4.69) is 17.7 Å². The van der Waals surface area contributed by atoms with E-state index in [1.54, 1.807) is 0 Å². The molecule has 54 valence electrons. The second kappa shape index (κ2) is 5.56. The maximum absolute atomic E-state index is 10.3. The van der Waals surface area contributed by atoms with Gasteiger partial charge in [0, 0.05) is 6.42 Å². The van der Waals surface area contributed by atoms with E-state index < -0.39 is 0 Å². The molecule has 0 amide bonds. The van der Waals surface area contributed by atoms with Crippen molar-refractivity contribution in [1.29, 1.82) is 0 Å². The maximum atomic E-state index is 10.3. The van der Waals surface area contributed by atoms with Crippen LogP contribution in [0.5, 0.6) is 0 Å². The molecule has 0 saturated heterocycles. The predicted octanol–water partition coefficient (Wildman–Crippen LogP) is 1.10. The lowest BCUT2D eigenvalue weighted by atomic mass is 10.2. The number of rotatable bonds is 4. The van der Waals surface area contributed by atoms with Crippen LogP contribution in [-0.2, 0) is 9.63 Å². The number of unbranched alkanes of at least 4 members (excludes halogenated alkanes) is 2. The average Bonchev–Trinajstić information content (AvgIpc) is 1.89. The molecule has 0 fully saturated rings. The van der Waals surface area contributed by atoms with Crippen molar-refractivity contribution in [2.24, 2.45) is 5.90 Å². The molecule has 0 aromatic heterocycles. The Morgan fingerprint density at radius 3 is 2.78 bits per heavy atom. The van der Waals surface area contributed by atoms with Gasteiger partial charge >= 0.3 is 7.40 Å². The zero-order valence-electron chi connectivity index (χ0n) is 6.72. The predicted molar refractivity (Wildman–Crippen MR) is 35.5 cm³/mol. The molecule has 3 heteroatoms. The summed E-state index contributed by atoms with van der Waals surface area (Å²) in [6.45, 7) is 2.08. The highest BCUT2D eigenvalue weighted by molar-refractivity contribution is 5.68. The highest BCUT2D eigenvalue weighted by atomic mass is 16.7. The van der Waals surface area contributed by atoms with Crippen molar-refractivity contribution in [1.82, 2.24) is 0 Å². The van der Waals surface area contributed by atoms with Crippen molar-refractivity contribution in [2.45, 2.75) is 32.6 Å². The van der Waals surface area contributed by atoms with Gasteiger partial charge in [0.05, 0.1) is 0 Å². The summed E-state index contributed by atoms with van der Waals surface area (Å²) in [7, 11) is 0. The second-order valence-electron chi connectivity index (χ2n) is 1.95. The van der Waals surface area contributed by atoms with E-state index >= 15 is 0 Å². The van der Waals surface area contributed by atoms with E-state index in [0.717, 1.165) is 19.3 Å². The molecule has 0 heterocycles. The van der Waals surface area contributed by atoms with Crippen LogP contribution in [0.2, 0.25) is 0 Å². The highest BCUT2D eigenvalue weighted by Crippen LogP contribution is 1.98. The lowest BCUT2D eigenvalue weighted by Crippen LogP contribution is -2.08. The summed E-state index contributed by atoms with van der Waals surface area (Å²) in [5.41, 5.74) is 0. The minimum Gasteiger partial charge on any atom is -0.373 e. The lowest BCUT2D eigenvalue weighted by molar-refractivity contribution is -0.144. The molecule has 0 aromatic carbocycles. The molecule has 0 radical (unpaired) electrons. The summed E-state index contributed by atoms with van der Waals surface area (Å²) in [4.78, 5) is 14.3. The average molecular weight is 132 g/mol. The Balaban J connectivity index is 0. The van der Waals surface area contributed by atoms with Crippen molar-refractivity contribution in [3.8, 4) is 0 Å². The fourth-order valence-corrected chi connectivity index (χ4v) is 0.578. The topological polar surface area (TPSA) is 52.3 Å². The number of nitrogens with two attached hydrogens (primary N) is 1. The molecule has 0 aliphatic carbocycles. The Morgan fingerprint density at radius 2 is 2.33 bits per heavy atom. The van der Waals surface area contributed by atoms with Crippen LogP contribution >= 0.6 is 0 Å². The minimum atomic E-state index is -0.316. The molecule has 0 bridgehead atoms. The van der Waals surface area contributed by atoms with Crippen molar-refractivity contribution < 1.29 is 11.1 Å². The van der Waals surface area contributed by atoms with Gasteiger partial charge in [0.2, 0.25) is 0 Å². The van der Waals surface area contributed by atoms with Gasteiger partial charge in [-0.25, -0.2) is 0 Å². The van der Waals surface area contributed by atoms with Crippen LogP contribution in [0.4, 0.5) is 0 Å². The Bertz CT molecular complexity index is 87.8. The second-order valence-corrected chi connectivity index (χ2v) is 1.95. The first kappa shape index (κ1) is 8.43. The molecule has 0 aliphatic heterocycles. The molecule has 0 atom stereocenters.